The molecule has 21 heavy (non-hydrogen) atoms. The zero-order valence-corrected chi connectivity index (χ0v) is 12.4. The summed E-state index contributed by atoms with van der Waals surface area (Å²) >= 11 is 0. The van der Waals surface area contributed by atoms with Gasteiger partial charge in [0.25, 0.3) is 0 Å². The lowest BCUT2D eigenvalue weighted by molar-refractivity contribution is 0.454. The number of aromatic nitrogens is 2. The zero-order valence-electron chi connectivity index (χ0n) is 11.6. The number of piperidine rings is 1. The Bertz CT molecular complexity index is 597. The normalized spacial score (nSPS) is 18.0. The van der Waals surface area contributed by atoms with E-state index >= 15 is 0 Å². The van der Waals surface area contributed by atoms with Crippen LogP contribution in [-0.2, 0) is 0 Å². The van der Waals surface area contributed by atoms with Crippen molar-refractivity contribution in [3.8, 4) is 17.0 Å². The molecular weight excluding hydrogens is 288 g/mol. The van der Waals surface area contributed by atoms with Gasteiger partial charge in [0.1, 0.15) is 5.75 Å². The summed E-state index contributed by atoms with van der Waals surface area (Å²) in [6.07, 6.45) is 2.28. The number of rotatable bonds is 2. The van der Waals surface area contributed by atoms with Crippen LogP contribution in [-0.4, -0.2) is 28.2 Å². The molecule has 1 fully saturated rings. The van der Waals surface area contributed by atoms with Crippen molar-refractivity contribution in [3.63, 3.8) is 0 Å². The highest BCUT2D eigenvalue weighted by atomic mass is 35.5. The second-order valence-corrected chi connectivity index (χ2v) is 5.13. The lowest BCUT2D eigenvalue weighted by Crippen LogP contribution is -2.29. The number of phenols is 1. The number of anilines is 1. The van der Waals surface area contributed by atoms with E-state index < -0.39 is 0 Å². The monoisotopic (exact) mass is 306 g/mol. The Morgan fingerprint density at radius 2 is 1.95 bits per heavy atom. The second-order valence-electron chi connectivity index (χ2n) is 5.13. The van der Waals surface area contributed by atoms with Crippen LogP contribution in [0.3, 0.4) is 0 Å². The molecule has 1 unspecified atom stereocenters. The molecule has 0 aliphatic carbocycles. The first-order valence-electron chi connectivity index (χ1n) is 6.87. The van der Waals surface area contributed by atoms with E-state index in [-0.39, 0.29) is 18.2 Å². The Labute approximate surface area is 130 Å². The molecule has 2 aromatic rings. The fourth-order valence-corrected chi connectivity index (χ4v) is 2.58. The summed E-state index contributed by atoms with van der Waals surface area (Å²) < 4.78 is 0. The van der Waals surface area contributed by atoms with Gasteiger partial charge in [-0.05, 0) is 49.7 Å². The van der Waals surface area contributed by atoms with Gasteiger partial charge in [0.05, 0.1) is 11.4 Å². The van der Waals surface area contributed by atoms with Crippen molar-refractivity contribution < 1.29 is 5.11 Å². The molecule has 0 spiro atoms. The Balaban J connectivity index is 0.00000161. The van der Waals surface area contributed by atoms with Crippen LogP contribution < -0.4 is 11.1 Å². The summed E-state index contributed by atoms with van der Waals surface area (Å²) in [6.45, 7) is 2.01. The summed E-state index contributed by atoms with van der Waals surface area (Å²) in [4.78, 5) is 8.67. The van der Waals surface area contributed by atoms with Crippen molar-refractivity contribution in [3.05, 3.63) is 36.0 Å². The van der Waals surface area contributed by atoms with E-state index in [4.69, 9.17) is 5.73 Å². The van der Waals surface area contributed by atoms with Crippen molar-refractivity contribution in [1.82, 2.24) is 15.3 Å². The Kier molecular flexibility index (Phi) is 4.98. The largest absolute Gasteiger partial charge is 0.508 e. The molecular formula is C15H19ClN4O. The molecule has 112 valence electrons. The molecule has 5 nitrogen and oxygen atoms in total. The maximum Gasteiger partial charge on any atom is 0.220 e. The van der Waals surface area contributed by atoms with Crippen LogP contribution in [0, 0.1) is 0 Å². The number of nitrogens with two attached hydrogens (primary N) is 1. The summed E-state index contributed by atoms with van der Waals surface area (Å²) in [6, 6.07) is 8.96. The predicted molar refractivity (Wildman–Crippen MR) is 85.6 cm³/mol. The summed E-state index contributed by atoms with van der Waals surface area (Å²) in [5, 5.41) is 12.7. The van der Waals surface area contributed by atoms with E-state index in [0.717, 1.165) is 42.9 Å². The molecule has 3 rings (SSSR count). The number of nitrogen functional groups attached to an aromatic ring is 1. The standard InChI is InChI=1S/C15H18N4O.ClH/c16-15-18-13(10-3-5-12(20)6-4-10)8-14(19-15)11-2-1-7-17-9-11;/h3-6,8,11,17,20H,1-2,7,9H2,(H2,16,18,19);1H. The highest BCUT2D eigenvalue weighted by Crippen LogP contribution is 2.27. The van der Waals surface area contributed by atoms with Gasteiger partial charge in [-0.15, -0.1) is 12.4 Å². The van der Waals surface area contributed by atoms with Crippen molar-refractivity contribution >= 4 is 18.4 Å². The third-order valence-electron chi connectivity index (χ3n) is 3.64. The molecule has 0 amide bonds. The van der Waals surface area contributed by atoms with Crippen molar-refractivity contribution in [2.45, 2.75) is 18.8 Å². The molecule has 1 aromatic carbocycles. The minimum atomic E-state index is 0. The Morgan fingerprint density at radius 3 is 2.62 bits per heavy atom. The molecule has 1 aliphatic heterocycles. The van der Waals surface area contributed by atoms with Gasteiger partial charge in [-0.25, -0.2) is 9.97 Å². The molecule has 1 atom stereocenters. The quantitative estimate of drug-likeness (QED) is 0.793. The smallest absolute Gasteiger partial charge is 0.220 e. The minimum Gasteiger partial charge on any atom is -0.508 e. The van der Waals surface area contributed by atoms with Gasteiger partial charge in [0, 0.05) is 18.0 Å². The first-order chi connectivity index (χ1) is 9.72. The van der Waals surface area contributed by atoms with Crippen molar-refractivity contribution in [1.29, 1.82) is 0 Å². The molecule has 1 aromatic heterocycles. The Morgan fingerprint density at radius 1 is 1.19 bits per heavy atom. The van der Waals surface area contributed by atoms with Crippen LogP contribution in [0.4, 0.5) is 5.95 Å². The van der Waals surface area contributed by atoms with Crippen molar-refractivity contribution in [2.24, 2.45) is 0 Å². The highest BCUT2D eigenvalue weighted by molar-refractivity contribution is 5.85. The molecule has 0 saturated carbocycles. The number of hydrogen-bond acceptors (Lipinski definition) is 5. The number of phenolic OH excluding ortho intramolecular Hbond substituents is 1. The zero-order chi connectivity index (χ0) is 13.9. The van der Waals surface area contributed by atoms with Crippen LogP contribution in [0.25, 0.3) is 11.3 Å². The fourth-order valence-electron chi connectivity index (χ4n) is 2.58. The number of halogens is 1. The molecule has 0 bridgehead atoms. The van der Waals surface area contributed by atoms with Crippen LogP contribution >= 0.6 is 12.4 Å². The predicted octanol–water partition coefficient (Wildman–Crippen LogP) is 2.32. The minimum absolute atomic E-state index is 0. The average molecular weight is 307 g/mol. The first kappa shape index (κ1) is 15.5. The molecule has 0 radical (unpaired) electrons. The van der Waals surface area contributed by atoms with Crippen LogP contribution in [0.5, 0.6) is 5.75 Å². The van der Waals surface area contributed by atoms with Gasteiger partial charge >= 0.3 is 0 Å². The third-order valence-corrected chi connectivity index (χ3v) is 3.64. The lowest BCUT2D eigenvalue weighted by atomic mass is 9.95. The first-order valence-corrected chi connectivity index (χ1v) is 6.87. The van der Waals surface area contributed by atoms with Gasteiger partial charge in [0.15, 0.2) is 0 Å². The summed E-state index contributed by atoms with van der Waals surface area (Å²) in [5.41, 5.74) is 8.57. The number of nitrogens with zero attached hydrogens (tertiary/aromatic N) is 2. The molecule has 6 heteroatoms. The van der Waals surface area contributed by atoms with Gasteiger partial charge in [-0.3, -0.25) is 0 Å². The van der Waals surface area contributed by atoms with Gasteiger partial charge in [-0.1, -0.05) is 0 Å². The third kappa shape index (κ3) is 3.62. The van der Waals surface area contributed by atoms with Crippen LogP contribution in [0.2, 0.25) is 0 Å². The molecule has 1 aliphatic rings. The molecule has 1 saturated heterocycles. The number of benzene rings is 1. The van der Waals surface area contributed by atoms with E-state index in [1.807, 2.05) is 18.2 Å². The van der Waals surface area contributed by atoms with Crippen LogP contribution in [0.15, 0.2) is 30.3 Å². The van der Waals surface area contributed by atoms with E-state index in [1.54, 1.807) is 12.1 Å². The van der Waals surface area contributed by atoms with Gasteiger partial charge < -0.3 is 16.2 Å². The summed E-state index contributed by atoms with van der Waals surface area (Å²) in [7, 11) is 0. The van der Waals surface area contributed by atoms with Crippen molar-refractivity contribution in [2.75, 3.05) is 18.8 Å². The molecule has 4 N–H and O–H groups in total. The second kappa shape index (κ2) is 6.74. The molecule has 2 heterocycles. The lowest BCUT2D eigenvalue weighted by Gasteiger charge is -2.22. The Hall–Kier alpha value is -1.85. The summed E-state index contributed by atoms with van der Waals surface area (Å²) in [5.74, 6) is 0.938. The fraction of sp³-hybridized carbons (Fsp3) is 0.333. The van der Waals surface area contributed by atoms with E-state index in [2.05, 4.69) is 15.3 Å². The average Bonchev–Trinajstić information content (AvgIpc) is 2.48. The topological polar surface area (TPSA) is 84.1 Å². The maximum absolute atomic E-state index is 9.35. The maximum atomic E-state index is 9.35. The van der Waals surface area contributed by atoms with E-state index in [0.29, 0.717) is 11.9 Å². The van der Waals surface area contributed by atoms with E-state index in [1.165, 1.54) is 0 Å². The number of hydrogen-bond donors (Lipinski definition) is 3. The number of aromatic hydroxyl groups is 1. The van der Waals surface area contributed by atoms with Gasteiger partial charge in [0.2, 0.25) is 5.95 Å². The van der Waals surface area contributed by atoms with Crippen LogP contribution in [0.1, 0.15) is 24.5 Å². The number of nitrogens with one attached hydrogen (secondary N) is 1. The van der Waals surface area contributed by atoms with E-state index in [9.17, 15) is 5.11 Å². The highest BCUT2D eigenvalue weighted by Gasteiger charge is 2.18. The van der Waals surface area contributed by atoms with Gasteiger partial charge in [-0.2, -0.15) is 0 Å². The SMILES string of the molecule is Cl.Nc1nc(-c2ccc(O)cc2)cc(C2CCCNC2)n1.